The molecule has 4 heteroatoms. The summed E-state index contributed by atoms with van der Waals surface area (Å²) in [4.78, 5) is 10.3. The minimum atomic E-state index is 0.0139. The van der Waals surface area contributed by atoms with Gasteiger partial charge in [0.2, 0.25) is 0 Å². The van der Waals surface area contributed by atoms with Crippen LogP contribution in [0.5, 0.6) is 0 Å². The number of halogens is 1. The third kappa shape index (κ3) is 11.6. The molecular weight excluding hydrogens is 280 g/mol. The van der Waals surface area contributed by atoms with Crippen molar-refractivity contribution in [1.82, 2.24) is 5.32 Å². The van der Waals surface area contributed by atoms with Gasteiger partial charge in [-0.1, -0.05) is 0 Å². The second-order valence-corrected chi connectivity index (χ2v) is 4.93. The molecule has 0 aliphatic heterocycles. The predicted molar refractivity (Wildman–Crippen MR) is 50.3 cm³/mol. The molecule has 0 fully saturated rings. The van der Waals surface area contributed by atoms with Crippen molar-refractivity contribution in [3.63, 3.8) is 0 Å². The predicted octanol–water partition coefficient (Wildman–Crippen LogP) is 1.03. The summed E-state index contributed by atoms with van der Waals surface area (Å²) < 4.78 is 0. The van der Waals surface area contributed by atoms with Crippen LogP contribution in [-0.4, -0.2) is 24.1 Å². The Morgan fingerprint density at radius 3 is 2.10 bits per heavy atom. The molecule has 2 nitrogen and oxygen atoms in total. The SMILES string of the molecule is CNC(C)C(C)=O.[CH2]=[V][I]. The number of carbonyl (C=O) groups is 1. The molecule has 0 radical (unpaired) electrons. The topological polar surface area (TPSA) is 29.1 Å². The minimum absolute atomic E-state index is 0.0139. The zero-order valence-electron chi connectivity index (χ0n) is 6.52. The van der Waals surface area contributed by atoms with Crippen LogP contribution in [0.4, 0.5) is 0 Å². The van der Waals surface area contributed by atoms with Gasteiger partial charge in [0.25, 0.3) is 0 Å². The van der Waals surface area contributed by atoms with E-state index in [-0.39, 0.29) is 11.8 Å². The molecule has 0 spiro atoms. The van der Waals surface area contributed by atoms with Crippen LogP contribution < -0.4 is 5.32 Å². The summed E-state index contributed by atoms with van der Waals surface area (Å²) in [5.41, 5.74) is 0. The first-order valence-electron chi connectivity index (χ1n) is 2.84. The van der Waals surface area contributed by atoms with Gasteiger partial charge >= 0.3 is 37.6 Å². The number of Topliss-reactive ketones (excluding diaryl/α,β-unsaturated/α-hetero) is 1. The number of hydrogen-bond donors (Lipinski definition) is 1. The Kier molecular flexibility index (Phi) is 13.2. The van der Waals surface area contributed by atoms with Crippen molar-refractivity contribution >= 4 is 31.0 Å². The van der Waals surface area contributed by atoms with Crippen molar-refractivity contribution in [3.8, 4) is 0 Å². The van der Waals surface area contributed by atoms with E-state index in [2.05, 4.69) is 30.5 Å². The van der Waals surface area contributed by atoms with Crippen LogP contribution >= 0.6 is 20.0 Å². The quantitative estimate of drug-likeness (QED) is 0.771. The summed E-state index contributed by atoms with van der Waals surface area (Å²) in [5, 5.41) is 6.38. The van der Waals surface area contributed by atoms with Crippen LogP contribution in [-0.2, 0) is 17.2 Å². The zero-order chi connectivity index (χ0) is 8.57. The zero-order valence-corrected chi connectivity index (χ0v) is 10.1. The van der Waals surface area contributed by atoms with Crippen LogP contribution in [0, 0.1) is 0 Å². The number of nitrogens with one attached hydrogen (secondary N) is 1. The van der Waals surface area contributed by atoms with Crippen LogP contribution in [0.2, 0.25) is 0 Å². The Hall–Kier alpha value is 0.814. The van der Waals surface area contributed by atoms with Gasteiger partial charge < -0.3 is 5.32 Å². The van der Waals surface area contributed by atoms with E-state index in [0.717, 1.165) is 0 Å². The van der Waals surface area contributed by atoms with E-state index in [1.807, 2.05) is 6.92 Å². The van der Waals surface area contributed by atoms with Gasteiger partial charge in [-0.25, -0.2) is 0 Å². The van der Waals surface area contributed by atoms with Gasteiger partial charge in [-0.05, 0) is 20.9 Å². The molecule has 1 unspecified atom stereocenters. The fourth-order valence-electron chi connectivity index (χ4n) is 0.203. The molecule has 1 atom stereocenters. The third-order valence-corrected chi connectivity index (χ3v) is 1.04. The van der Waals surface area contributed by atoms with Gasteiger partial charge in [-0.3, -0.25) is 4.79 Å². The Balaban J connectivity index is 0. The maximum atomic E-state index is 10.3. The van der Waals surface area contributed by atoms with Crippen LogP contribution in [0.15, 0.2) is 0 Å². The fraction of sp³-hybridized carbons (Fsp3) is 0.667. The Labute approximate surface area is 80.1 Å². The van der Waals surface area contributed by atoms with Gasteiger partial charge in [-0.15, -0.1) is 0 Å². The summed E-state index contributed by atoms with van der Waals surface area (Å²) >= 11 is 2.68. The molecule has 0 aliphatic carbocycles. The first-order chi connectivity index (χ1) is 4.59. The molecule has 60 valence electrons. The maximum absolute atomic E-state index is 10.3. The number of hydrogen-bond acceptors (Lipinski definition) is 2. The molecule has 0 saturated heterocycles. The normalized spacial score (nSPS) is 10.8. The van der Waals surface area contributed by atoms with Gasteiger partial charge in [-0.2, -0.15) is 0 Å². The summed E-state index contributed by atoms with van der Waals surface area (Å²) in [6, 6.07) is 0.0139. The van der Waals surface area contributed by atoms with Crippen molar-refractivity contribution in [2.45, 2.75) is 19.9 Å². The first kappa shape index (κ1) is 13.4. The molecule has 0 heterocycles. The molecule has 0 aliphatic rings. The van der Waals surface area contributed by atoms with Gasteiger partial charge in [0.15, 0.2) is 0 Å². The van der Waals surface area contributed by atoms with Crippen molar-refractivity contribution in [1.29, 1.82) is 0 Å². The molecule has 10 heavy (non-hydrogen) atoms. The average Bonchev–Trinajstić information content (AvgIpc) is 1.88. The van der Waals surface area contributed by atoms with Crippen molar-refractivity contribution in [2.75, 3.05) is 7.05 Å². The standard InChI is InChI=1S/C5H11NO.CH2.HI.V/c1-4(6-3)5(2)7;;;/h4,6H,1-3H3;1H2;1H;/q;;;+1/p-1. The first-order valence-corrected chi connectivity index (χ1v) is 8.34. The van der Waals surface area contributed by atoms with E-state index in [0.29, 0.717) is 12.4 Å². The Morgan fingerprint density at radius 1 is 1.80 bits per heavy atom. The molecule has 0 amide bonds. The second kappa shape index (κ2) is 9.81. The summed E-state index contributed by atoms with van der Waals surface area (Å²) in [6.07, 6.45) is 0. The van der Waals surface area contributed by atoms with Crippen LogP contribution in [0.3, 0.4) is 0 Å². The fourth-order valence-corrected chi connectivity index (χ4v) is 0.203. The van der Waals surface area contributed by atoms with Crippen LogP contribution in [0.1, 0.15) is 13.8 Å². The van der Waals surface area contributed by atoms with E-state index in [1.54, 1.807) is 14.0 Å². The molecule has 0 aromatic carbocycles. The number of carbonyl (C=O) groups excluding carboxylic acids is 1. The number of ketones is 1. The molecule has 0 aromatic rings. The second-order valence-electron chi connectivity index (χ2n) is 1.74. The number of likely N-dealkylation sites (N-methyl/N-ethyl adjacent to an activating group) is 1. The van der Waals surface area contributed by atoms with E-state index in [9.17, 15) is 4.79 Å². The molecule has 0 bridgehead atoms. The molecule has 0 aromatic heterocycles. The van der Waals surface area contributed by atoms with E-state index < -0.39 is 0 Å². The van der Waals surface area contributed by atoms with E-state index in [4.69, 9.17) is 0 Å². The Morgan fingerprint density at radius 2 is 2.10 bits per heavy atom. The third-order valence-electron chi connectivity index (χ3n) is 1.04. The van der Waals surface area contributed by atoms with E-state index in [1.165, 1.54) is 0 Å². The average molecular weight is 293 g/mol. The van der Waals surface area contributed by atoms with Gasteiger partial charge in [0.1, 0.15) is 5.78 Å². The van der Waals surface area contributed by atoms with Crippen molar-refractivity contribution in [2.24, 2.45) is 0 Å². The molecule has 1 N–H and O–H groups in total. The Bertz CT molecular complexity index is 108. The molecule has 0 saturated carbocycles. The summed E-state index contributed by atoms with van der Waals surface area (Å²) in [5.74, 6) is 0.183. The number of rotatable bonds is 2. The van der Waals surface area contributed by atoms with Crippen LogP contribution in [0.25, 0.3) is 0 Å². The van der Waals surface area contributed by atoms with Gasteiger partial charge in [0, 0.05) is 0 Å². The monoisotopic (exact) mass is 293 g/mol. The van der Waals surface area contributed by atoms with Gasteiger partial charge in [0.05, 0.1) is 6.04 Å². The summed E-state index contributed by atoms with van der Waals surface area (Å²) in [7, 11) is 1.77. The van der Waals surface area contributed by atoms with Crippen molar-refractivity contribution in [3.05, 3.63) is 0 Å². The molecular formula is C6H13INOV. The van der Waals surface area contributed by atoms with E-state index >= 15 is 0 Å². The molecule has 0 rings (SSSR count). The van der Waals surface area contributed by atoms with Crippen molar-refractivity contribution < 1.29 is 17.2 Å². The summed E-state index contributed by atoms with van der Waals surface area (Å²) in [6.45, 7) is 3.41.